The van der Waals surface area contributed by atoms with Gasteiger partial charge in [0.15, 0.2) is 23.1 Å². The highest BCUT2D eigenvalue weighted by Crippen LogP contribution is 2.25. The monoisotopic (exact) mass is 927 g/mol. The minimum atomic E-state index is -0.574. The fourth-order valence-corrected chi connectivity index (χ4v) is 7.80. The van der Waals surface area contributed by atoms with Crippen molar-refractivity contribution in [2.75, 3.05) is 13.2 Å². The predicted molar refractivity (Wildman–Crippen MR) is 275 cm³/mol. The average Bonchev–Trinajstić information content (AvgIpc) is 3.35. The molecule has 5 aromatic carbocycles. The van der Waals surface area contributed by atoms with E-state index >= 15 is 0 Å². The number of rotatable bonds is 32. The number of esters is 2. The summed E-state index contributed by atoms with van der Waals surface area (Å²) in [6, 6.07) is 29.9. The Morgan fingerprint density at radius 1 is 0.397 bits per heavy atom. The van der Waals surface area contributed by atoms with E-state index in [4.69, 9.17) is 18.9 Å². The molecule has 68 heavy (non-hydrogen) atoms. The van der Waals surface area contributed by atoms with Crippen LogP contribution in [0.4, 0.5) is 8.78 Å². The average molecular weight is 927 g/mol. The summed E-state index contributed by atoms with van der Waals surface area (Å²) in [5.74, 6) is -0.985. The molecular weight excluding hydrogens is 855 g/mol. The van der Waals surface area contributed by atoms with Crippen LogP contribution in [0.25, 0.3) is 24.3 Å². The van der Waals surface area contributed by atoms with Gasteiger partial charge in [0, 0.05) is 6.07 Å². The van der Waals surface area contributed by atoms with Crippen molar-refractivity contribution in [3.63, 3.8) is 0 Å². The molecular formula is C60H72F2O6. The zero-order valence-electron chi connectivity index (χ0n) is 40.5. The minimum absolute atomic E-state index is 0.216. The molecule has 0 aliphatic carbocycles. The number of halogens is 2. The first-order valence-electron chi connectivity index (χ1n) is 25.3. The van der Waals surface area contributed by atoms with Crippen LogP contribution in [0.3, 0.4) is 0 Å². The van der Waals surface area contributed by atoms with E-state index in [2.05, 4.69) is 13.8 Å². The highest BCUT2D eigenvalue weighted by Gasteiger charge is 2.13. The molecule has 5 rings (SSSR count). The Bertz CT molecular complexity index is 2140. The second-order valence-electron chi connectivity index (χ2n) is 17.6. The van der Waals surface area contributed by atoms with Crippen LogP contribution in [-0.2, 0) is 0 Å². The molecule has 0 fully saturated rings. The Balaban J connectivity index is 0.997. The van der Waals surface area contributed by atoms with Gasteiger partial charge in [-0.05, 0) is 95.8 Å². The van der Waals surface area contributed by atoms with Gasteiger partial charge in [0.25, 0.3) is 0 Å². The lowest BCUT2D eigenvalue weighted by Crippen LogP contribution is -2.10. The van der Waals surface area contributed by atoms with Crippen molar-refractivity contribution in [2.24, 2.45) is 0 Å². The van der Waals surface area contributed by atoms with Crippen LogP contribution in [0.5, 0.6) is 23.0 Å². The molecule has 0 aromatic heterocycles. The van der Waals surface area contributed by atoms with Gasteiger partial charge >= 0.3 is 11.9 Å². The van der Waals surface area contributed by atoms with Gasteiger partial charge in [0.2, 0.25) is 0 Å². The molecule has 0 spiro atoms. The molecule has 0 radical (unpaired) electrons. The quantitative estimate of drug-likeness (QED) is 0.0185. The van der Waals surface area contributed by atoms with Gasteiger partial charge in [-0.15, -0.1) is 0 Å². The van der Waals surface area contributed by atoms with E-state index in [9.17, 15) is 18.4 Å². The summed E-state index contributed by atoms with van der Waals surface area (Å²) in [4.78, 5) is 26.0. The molecule has 0 aliphatic rings. The molecule has 0 heterocycles. The number of carbonyl (C=O) groups excluding carboxylic acids is 2. The van der Waals surface area contributed by atoms with Crippen molar-refractivity contribution < 1.29 is 37.3 Å². The number of carbonyl (C=O) groups is 2. The summed E-state index contributed by atoms with van der Waals surface area (Å²) in [6.07, 6.45) is 32.0. The summed E-state index contributed by atoms with van der Waals surface area (Å²) in [5, 5.41) is 0. The molecule has 362 valence electrons. The lowest BCUT2D eigenvalue weighted by molar-refractivity contribution is 0.0732. The number of unbranched alkanes of at least 4 members (excludes halogenated alkanes) is 18. The summed E-state index contributed by atoms with van der Waals surface area (Å²) < 4.78 is 52.2. The standard InChI is InChI=1S/C60H72F2O6/c1-3-5-7-9-11-13-15-17-19-21-42-65-57-40-34-49(44-55(57)61)28-26-47-30-36-51(37-31-47)59(63)67-53-24-23-25-54(46-53)68-60(64)52-38-32-48(33-39-52)27-29-50-35-41-58(56(62)45-50)66-43-22-20-18-16-14-12-10-8-6-4-2/h23-41,44-46H,3-22,42-43H2,1-2H3/b28-26+,29-27+. The topological polar surface area (TPSA) is 71.1 Å². The van der Waals surface area contributed by atoms with Crippen LogP contribution in [0, 0.1) is 11.6 Å². The number of hydrogen-bond donors (Lipinski definition) is 0. The van der Waals surface area contributed by atoms with Gasteiger partial charge in [0.1, 0.15) is 11.5 Å². The van der Waals surface area contributed by atoms with Gasteiger partial charge in [-0.1, -0.05) is 196 Å². The molecule has 0 atom stereocenters. The maximum absolute atomic E-state index is 14.8. The molecule has 0 aliphatic heterocycles. The van der Waals surface area contributed by atoms with Crippen LogP contribution in [-0.4, -0.2) is 25.2 Å². The largest absolute Gasteiger partial charge is 0.491 e. The van der Waals surface area contributed by atoms with E-state index in [-0.39, 0.29) is 23.0 Å². The van der Waals surface area contributed by atoms with E-state index < -0.39 is 23.6 Å². The van der Waals surface area contributed by atoms with Crippen LogP contribution < -0.4 is 18.9 Å². The van der Waals surface area contributed by atoms with E-state index in [0.29, 0.717) is 35.5 Å². The highest BCUT2D eigenvalue weighted by molar-refractivity contribution is 5.92. The first kappa shape index (κ1) is 52.9. The highest BCUT2D eigenvalue weighted by atomic mass is 19.1. The maximum Gasteiger partial charge on any atom is 0.343 e. The Morgan fingerprint density at radius 3 is 1.07 bits per heavy atom. The van der Waals surface area contributed by atoms with Gasteiger partial charge in [0.05, 0.1) is 24.3 Å². The van der Waals surface area contributed by atoms with Crippen LogP contribution >= 0.6 is 0 Å². The third-order valence-electron chi connectivity index (χ3n) is 11.9. The van der Waals surface area contributed by atoms with Crippen molar-refractivity contribution in [1.29, 1.82) is 0 Å². The lowest BCUT2D eigenvalue weighted by atomic mass is 10.1. The Morgan fingerprint density at radius 2 is 0.721 bits per heavy atom. The number of ether oxygens (including phenoxy) is 4. The molecule has 0 unspecified atom stereocenters. The van der Waals surface area contributed by atoms with E-state index in [0.717, 1.165) is 36.8 Å². The third kappa shape index (κ3) is 20.1. The van der Waals surface area contributed by atoms with E-state index in [1.807, 2.05) is 24.3 Å². The molecule has 0 saturated heterocycles. The molecule has 0 amide bonds. The van der Waals surface area contributed by atoms with Crippen molar-refractivity contribution in [1.82, 2.24) is 0 Å². The maximum atomic E-state index is 14.8. The number of hydrogen-bond acceptors (Lipinski definition) is 6. The smallest absolute Gasteiger partial charge is 0.343 e. The third-order valence-corrected chi connectivity index (χ3v) is 11.9. The summed E-state index contributed by atoms with van der Waals surface area (Å²) in [6.45, 7) is 5.49. The van der Waals surface area contributed by atoms with Gasteiger partial charge in [-0.3, -0.25) is 0 Å². The van der Waals surface area contributed by atoms with E-state index in [1.165, 1.54) is 121 Å². The Hall–Kier alpha value is -6.02. The number of benzene rings is 5. The molecule has 0 saturated carbocycles. The predicted octanol–water partition coefficient (Wildman–Crippen LogP) is 17.3. The summed E-state index contributed by atoms with van der Waals surface area (Å²) in [7, 11) is 0. The SMILES string of the molecule is CCCCCCCCCCCCOc1ccc(/C=C/c2ccc(C(=O)Oc3cccc(OC(=O)c4ccc(/C=C/c5ccc(OCCCCCCCCCCCC)c(F)c5)cc4)c3)cc2)cc1F. The second-order valence-corrected chi connectivity index (χ2v) is 17.6. The van der Waals surface area contributed by atoms with Crippen LogP contribution in [0.15, 0.2) is 109 Å². The zero-order valence-corrected chi connectivity index (χ0v) is 40.5. The Kier molecular flexibility index (Phi) is 24.2. The molecule has 0 N–H and O–H groups in total. The second kappa shape index (κ2) is 31.1. The van der Waals surface area contributed by atoms with Gasteiger partial charge in [-0.25, -0.2) is 18.4 Å². The molecule has 0 bridgehead atoms. The minimum Gasteiger partial charge on any atom is -0.491 e. The first-order valence-corrected chi connectivity index (χ1v) is 25.3. The normalized spacial score (nSPS) is 11.4. The Labute approximate surface area is 404 Å². The lowest BCUT2D eigenvalue weighted by Gasteiger charge is -2.08. The molecule has 6 nitrogen and oxygen atoms in total. The summed E-state index contributed by atoms with van der Waals surface area (Å²) in [5.41, 5.74) is 3.70. The molecule has 8 heteroatoms. The van der Waals surface area contributed by atoms with Crippen molar-refractivity contribution in [3.05, 3.63) is 154 Å². The van der Waals surface area contributed by atoms with Crippen molar-refractivity contribution in [2.45, 2.75) is 142 Å². The van der Waals surface area contributed by atoms with Crippen LogP contribution in [0.1, 0.15) is 185 Å². The molecule has 5 aromatic rings. The van der Waals surface area contributed by atoms with Gasteiger partial charge < -0.3 is 18.9 Å². The van der Waals surface area contributed by atoms with Crippen molar-refractivity contribution >= 4 is 36.2 Å². The fraction of sp³-hybridized carbons (Fsp3) is 0.400. The van der Waals surface area contributed by atoms with E-state index in [1.54, 1.807) is 91.0 Å². The fourth-order valence-electron chi connectivity index (χ4n) is 7.80. The first-order chi connectivity index (χ1) is 33.3. The zero-order chi connectivity index (χ0) is 48.0. The summed E-state index contributed by atoms with van der Waals surface area (Å²) >= 11 is 0. The van der Waals surface area contributed by atoms with Gasteiger partial charge in [-0.2, -0.15) is 0 Å². The van der Waals surface area contributed by atoms with Crippen molar-refractivity contribution in [3.8, 4) is 23.0 Å². The van der Waals surface area contributed by atoms with Crippen LogP contribution in [0.2, 0.25) is 0 Å².